The Labute approximate surface area is 119 Å². The average molecular weight is 277 g/mol. The van der Waals surface area contributed by atoms with Crippen molar-refractivity contribution in [1.82, 2.24) is 0 Å². The zero-order chi connectivity index (χ0) is 13.0. The number of ether oxygens (including phenoxy) is 1. The highest BCUT2D eigenvalue weighted by atomic mass is 35.5. The van der Waals surface area contributed by atoms with Crippen molar-refractivity contribution in [3.63, 3.8) is 0 Å². The van der Waals surface area contributed by atoms with Crippen molar-refractivity contribution in [3.8, 4) is 5.75 Å². The normalized spacial score (nSPS) is 9.58. The third-order valence-corrected chi connectivity index (χ3v) is 2.88. The Morgan fingerprint density at radius 2 is 1.84 bits per heavy atom. The molecule has 0 saturated heterocycles. The predicted octanol–water partition coefficient (Wildman–Crippen LogP) is 4.76. The maximum Gasteiger partial charge on any atom is 0.161 e. The number of hydrogen-bond donors (Lipinski definition) is 0. The molecule has 100 valence electrons. The number of hydrogen-bond acceptors (Lipinski definition) is 2. The zero-order valence-corrected chi connectivity index (χ0v) is 10.8. The summed E-state index contributed by atoms with van der Waals surface area (Å²) in [7, 11) is 0. The Kier molecular flexibility index (Phi) is 5.58. The van der Waals surface area contributed by atoms with Gasteiger partial charge in [0.2, 0.25) is 0 Å². The van der Waals surface area contributed by atoms with Gasteiger partial charge in [0.25, 0.3) is 0 Å². The summed E-state index contributed by atoms with van der Waals surface area (Å²) in [5, 5.41) is 0.424. The van der Waals surface area contributed by atoms with Gasteiger partial charge in [-0.05, 0) is 30.7 Å². The van der Waals surface area contributed by atoms with Crippen molar-refractivity contribution in [2.75, 3.05) is 0 Å². The third kappa shape index (κ3) is 4.11. The highest BCUT2D eigenvalue weighted by Gasteiger charge is 2.06. The molecule has 0 bridgehead atoms. The molecule has 0 aliphatic heterocycles. The Bertz CT molecular complexity index is 550. The van der Waals surface area contributed by atoms with Gasteiger partial charge in [0.15, 0.2) is 5.78 Å². The van der Waals surface area contributed by atoms with E-state index in [1.54, 1.807) is 18.2 Å². The van der Waals surface area contributed by atoms with Gasteiger partial charge in [0.05, 0.1) is 5.02 Å². The molecular formula is C16H17ClO2. The first-order chi connectivity index (χ1) is 8.66. The van der Waals surface area contributed by atoms with Crippen LogP contribution in [0.1, 0.15) is 30.3 Å². The van der Waals surface area contributed by atoms with Crippen LogP contribution in [-0.2, 0) is 6.61 Å². The summed E-state index contributed by atoms with van der Waals surface area (Å²) in [6.07, 6.45) is 0. The summed E-state index contributed by atoms with van der Waals surface area (Å²) >= 11 is 6.01. The van der Waals surface area contributed by atoms with Gasteiger partial charge in [-0.1, -0.05) is 49.4 Å². The van der Waals surface area contributed by atoms with Gasteiger partial charge < -0.3 is 4.74 Å². The molecule has 2 rings (SSSR count). The smallest absolute Gasteiger partial charge is 0.161 e. The molecule has 3 heteroatoms. The topological polar surface area (TPSA) is 26.3 Å². The lowest BCUT2D eigenvalue weighted by atomic mass is 10.1. The van der Waals surface area contributed by atoms with Crippen molar-refractivity contribution < 1.29 is 9.53 Å². The number of halogens is 1. The second kappa shape index (κ2) is 6.95. The summed E-state index contributed by atoms with van der Waals surface area (Å²) in [4.78, 5) is 11.2. The van der Waals surface area contributed by atoms with E-state index in [1.807, 2.05) is 30.3 Å². The lowest BCUT2D eigenvalue weighted by Gasteiger charge is -2.08. The molecule has 2 nitrogen and oxygen atoms in total. The monoisotopic (exact) mass is 276 g/mol. The lowest BCUT2D eigenvalue weighted by molar-refractivity contribution is 0.101. The van der Waals surface area contributed by atoms with Gasteiger partial charge in [-0.25, -0.2) is 0 Å². The Hall–Kier alpha value is -1.80. The molecule has 0 N–H and O–H groups in total. The minimum Gasteiger partial charge on any atom is -0.489 e. The second-order valence-corrected chi connectivity index (χ2v) is 4.38. The first kappa shape index (κ1) is 15.3. The fourth-order valence-corrected chi connectivity index (χ4v) is 1.92. The van der Waals surface area contributed by atoms with Crippen LogP contribution in [0.5, 0.6) is 5.75 Å². The molecule has 0 radical (unpaired) electrons. The molecule has 2 aromatic rings. The third-order valence-electron chi connectivity index (χ3n) is 2.57. The van der Waals surface area contributed by atoms with Gasteiger partial charge in [0.1, 0.15) is 12.4 Å². The van der Waals surface area contributed by atoms with Crippen LogP contribution in [0.3, 0.4) is 0 Å². The molecule has 0 spiro atoms. The molecule has 0 aliphatic carbocycles. The predicted molar refractivity (Wildman–Crippen MR) is 79.0 cm³/mol. The van der Waals surface area contributed by atoms with E-state index < -0.39 is 0 Å². The fraction of sp³-hybridized carbons (Fsp3) is 0.188. The molecule has 2 aromatic carbocycles. The van der Waals surface area contributed by atoms with E-state index in [4.69, 9.17) is 16.3 Å². The summed E-state index contributed by atoms with van der Waals surface area (Å²) in [6.45, 7) is 1.97. The molecule has 0 saturated carbocycles. The van der Waals surface area contributed by atoms with E-state index in [9.17, 15) is 4.79 Å². The number of ketones is 1. The van der Waals surface area contributed by atoms with E-state index in [2.05, 4.69) is 0 Å². The van der Waals surface area contributed by atoms with Crippen LogP contribution in [0, 0.1) is 0 Å². The average Bonchev–Trinajstić information content (AvgIpc) is 2.37. The van der Waals surface area contributed by atoms with E-state index in [-0.39, 0.29) is 13.2 Å². The minimum absolute atomic E-state index is 0. The molecule has 0 atom stereocenters. The number of Topliss-reactive ketones (excluding diaryl/α,β-unsaturated/α-hetero) is 1. The highest BCUT2D eigenvalue weighted by Crippen LogP contribution is 2.23. The van der Waals surface area contributed by atoms with Crippen molar-refractivity contribution >= 4 is 17.4 Å². The Balaban J connectivity index is 0.00000180. The van der Waals surface area contributed by atoms with Crippen molar-refractivity contribution in [3.05, 3.63) is 64.7 Å². The second-order valence-electron chi connectivity index (χ2n) is 3.97. The molecule has 0 aromatic heterocycles. The maximum atomic E-state index is 11.2. The van der Waals surface area contributed by atoms with Crippen molar-refractivity contribution in [2.45, 2.75) is 21.0 Å². The van der Waals surface area contributed by atoms with Gasteiger partial charge >= 0.3 is 0 Å². The fourth-order valence-electron chi connectivity index (χ4n) is 1.61. The first-order valence-corrected chi connectivity index (χ1v) is 6.02. The van der Waals surface area contributed by atoms with Gasteiger partial charge in [0, 0.05) is 5.56 Å². The van der Waals surface area contributed by atoms with E-state index in [0.29, 0.717) is 22.9 Å². The van der Waals surface area contributed by atoms with Crippen molar-refractivity contribution in [2.24, 2.45) is 0 Å². The van der Waals surface area contributed by atoms with E-state index >= 15 is 0 Å². The molecule has 0 fully saturated rings. The number of carbonyl (C=O) groups excluding carboxylic acids is 1. The van der Waals surface area contributed by atoms with Crippen LogP contribution in [0.2, 0.25) is 5.02 Å². The summed E-state index contributed by atoms with van der Waals surface area (Å²) < 4.78 is 5.61. The molecule has 0 unspecified atom stereocenters. The first-order valence-electron chi connectivity index (χ1n) is 5.64. The van der Waals surface area contributed by atoms with E-state index in [0.717, 1.165) is 5.56 Å². The molecule has 0 heterocycles. The standard InChI is InChI=1S/C15H13ClO2.CH4/c1-11(17)14-8-7-13(9-15(14)16)18-10-12-5-3-2-4-6-12;/h2-9H,10H2,1H3;1H4. The molecular weight excluding hydrogens is 260 g/mol. The summed E-state index contributed by atoms with van der Waals surface area (Å²) in [5.41, 5.74) is 1.60. The quantitative estimate of drug-likeness (QED) is 0.753. The number of carbonyl (C=O) groups is 1. The largest absolute Gasteiger partial charge is 0.489 e. The van der Waals surface area contributed by atoms with Crippen LogP contribution < -0.4 is 4.74 Å². The van der Waals surface area contributed by atoms with E-state index in [1.165, 1.54) is 6.92 Å². The molecule has 0 amide bonds. The van der Waals surface area contributed by atoms with Gasteiger partial charge in [-0.2, -0.15) is 0 Å². The number of benzene rings is 2. The van der Waals surface area contributed by atoms with Gasteiger partial charge in [-0.15, -0.1) is 0 Å². The van der Waals surface area contributed by atoms with Crippen LogP contribution in [0.4, 0.5) is 0 Å². The number of rotatable bonds is 4. The lowest BCUT2D eigenvalue weighted by Crippen LogP contribution is -1.97. The Morgan fingerprint density at radius 3 is 2.42 bits per heavy atom. The SMILES string of the molecule is C.CC(=O)c1ccc(OCc2ccccc2)cc1Cl. The Morgan fingerprint density at radius 1 is 1.16 bits per heavy atom. The highest BCUT2D eigenvalue weighted by molar-refractivity contribution is 6.34. The van der Waals surface area contributed by atoms with Crippen LogP contribution in [0.15, 0.2) is 48.5 Å². The van der Waals surface area contributed by atoms with Crippen LogP contribution in [-0.4, -0.2) is 5.78 Å². The molecule has 0 aliphatic rings. The minimum atomic E-state index is -0.0467. The van der Waals surface area contributed by atoms with Crippen LogP contribution in [0.25, 0.3) is 0 Å². The van der Waals surface area contributed by atoms with Gasteiger partial charge in [-0.3, -0.25) is 4.79 Å². The van der Waals surface area contributed by atoms with Crippen LogP contribution >= 0.6 is 11.6 Å². The molecule has 19 heavy (non-hydrogen) atoms. The maximum absolute atomic E-state index is 11.2. The zero-order valence-electron chi connectivity index (χ0n) is 10.0. The summed E-state index contributed by atoms with van der Waals surface area (Å²) in [5.74, 6) is 0.614. The summed E-state index contributed by atoms with van der Waals surface area (Å²) in [6, 6.07) is 15.0. The van der Waals surface area contributed by atoms with Crippen molar-refractivity contribution in [1.29, 1.82) is 0 Å².